The number of nitrogens with zero attached hydrogens (tertiary/aromatic N) is 1. The molecule has 0 atom stereocenters. The third-order valence-electron chi connectivity index (χ3n) is 2.77. The first-order valence-electron chi connectivity index (χ1n) is 6.49. The van der Waals surface area contributed by atoms with Gasteiger partial charge < -0.3 is 13.9 Å². The fourth-order valence-corrected chi connectivity index (χ4v) is 1.79. The van der Waals surface area contributed by atoms with Gasteiger partial charge in [0.25, 0.3) is 0 Å². The molecule has 0 fully saturated rings. The predicted molar refractivity (Wildman–Crippen MR) is 72.2 cm³/mol. The van der Waals surface area contributed by atoms with Crippen molar-refractivity contribution in [1.82, 2.24) is 0 Å². The lowest BCUT2D eigenvalue weighted by molar-refractivity contribution is 0.0981. The summed E-state index contributed by atoms with van der Waals surface area (Å²) in [5, 5.41) is 9.86. The first-order chi connectivity index (χ1) is 9.36. The topological polar surface area (TPSA) is 55.4 Å². The molecule has 0 aliphatic heterocycles. The average Bonchev–Trinajstić information content (AvgIpc) is 2.81. The van der Waals surface area contributed by atoms with Gasteiger partial charge in [0.2, 0.25) is 5.76 Å². The second kappa shape index (κ2) is 6.81. The SMILES string of the molecule is CCCCOCCOc1c(C#N)oc2ccccc12. The van der Waals surface area contributed by atoms with E-state index in [1.54, 1.807) is 0 Å². The summed E-state index contributed by atoms with van der Waals surface area (Å²) < 4.78 is 16.5. The maximum absolute atomic E-state index is 9.04. The molecule has 4 nitrogen and oxygen atoms in total. The number of furan rings is 1. The third kappa shape index (κ3) is 3.27. The molecule has 2 rings (SSSR count). The van der Waals surface area contributed by atoms with E-state index in [-0.39, 0.29) is 5.76 Å². The molecule has 1 aromatic carbocycles. The maximum atomic E-state index is 9.04. The van der Waals surface area contributed by atoms with Gasteiger partial charge in [-0.05, 0) is 18.6 Å². The van der Waals surface area contributed by atoms with E-state index in [4.69, 9.17) is 19.2 Å². The maximum Gasteiger partial charge on any atom is 0.246 e. The average molecular weight is 259 g/mol. The first-order valence-corrected chi connectivity index (χ1v) is 6.49. The summed E-state index contributed by atoms with van der Waals surface area (Å²) in [6.45, 7) is 3.81. The van der Waals surface area contributed by atoms with Crippen molar-refractivity contribution in [2.45, 2.75) is 19.8 Å². The number of fused-ring (bicyclic) bond motifs is 1. The molecule has 0 bridgehead atoms. The lowest BCUT2D eigenvalue weighted by atomic mass is 10.2. The van der Waals surface area contributed by atoms with Gasteiger partial charge >= 0.3 is 0 Å². The number of ether oxygens (including phenoxy) is 2. The Morgan fingerprint density at radius 3 is 2.84 bits per heavy atom. The van der Waals surface area contributed by atoms with Gasteiger partial charge in [0.15, 0.2) is 5.75 Å². The van der Waals surface area contributed by atoms with Crippen LogP contribution in [-0.4, -0.2) is 19.8 Å². The number of benzene rings is 1. The third-order valence-corrected chi connectivity index (χ3v) is 2.77. The van der Waals surface area contributed by atoms with Crippen LogP contribution in [0.25, 0.3) is 11.0 Å². The molecule has 1 heterocycles. The smallest absolute Gasteiger partial charge is 0.246 e. The molecule has 19 heavy (non-hydrogen) atoms. The molecule has 0 amide bonds. The van der Waals surface area contributed by atoms with Gasteiger partial charge in [0.1, 0.15) is 18.3 Å². The molecule has 0 unspecified atom stereocenters. The van der Waals surface area contributed by atoms with E-state index in [0.717, 1.165) is 24.8 Å². The summed E-state index contributed by atoms with van der Waals surface area (Å²) in [6, 6.07) is 9.47. The van der Waals surface area contributed by atoms with Gasteiger partial charge in [-0.1, -0.05) is 25.5 Å². The summed E-state index contributed by atoms with van der Waals surface area (Å²) in [6.07, 6.45) is 2.17. The highest BCUT2D eigenvalue weighted by Gasteiger charge is 2.14. The first kappa shape index (κ1) is 13.4. The van der Waals surface area contributed by atoms with Crippen LogP contribution >= 0.6 is 0 Å². The number of nitriles is 1. The van der Waals surface area contributed by atoms with Crippen LogP contribution in [0.4, 0.5) is 0 Å². The van der Waals surface area contributed by atoms with Crippen molar-refractivity contribution in [1.29, 1.82) is 5.26 Å². The van der Waals surface area contributed by atoms with Crippen LogP contribution in [0.1, 0.15) is 25.5 Å². The van der Waals surface area contributed by atoms with Crippen LogP contribution in [-0.2, 0) is 4.74 Å². The molecule has 0 N–H and O–H groups in total. The molecular formula is C15H17NO3. The summed E-state index contributed by atoms with van der Waals surface area (Å²) in [7, 11) is 0. The number of unbranched alkanes of at least 4 members (excludes halogenated alkanes) is 1. The molecule has 0 aliphatic rings. The number of hydrogen-bond donors (Lipinski definition) is 0. The van der Waals surface area contributed by atoms with E-state index in [0.29, 0.717) is 24.5 Å². The number of para-hydroxylation sites is 1. The molecule has 0 radical (unpaired) electrons. The van der Waals surface area contributed by atoms with Crippen molar-refractivity contribution in [2.24, 2.45) is 0 Å². The van der Waals surface area contributed by atoms with Crippen molar-refractivity contribution in [3.63, 3.8) is 0 Å². The zero-order valence-electron chi connectivity index (χ0n) is 11.0. The Labute approximate surface area is 112 Å². The Morgan fingerprint density at radius 1 is 1.21 bits per heavy atom. The van der Waals surface area contributed by atoms with Crippen LogP contribution in [0.15, 0.2) is 28.7 Å². The summed E-state index contributed by atoms with van der Waals surface area (Å²) in [5.41, 5.74) is 0.668. The highest BCUT2D eigenvalue weighted by Crippen LogP contribution is 2.32. The monoisotopic (exact) mass is 259 g/mol. The van der Waals surface area contributed by atoms with Crippen LogP contribution in [0.2, 0.25) is 0 Å². The van der Waals surface area contributed by atoms with Gasteiger partial charge in [-0.15, -0.1) is 0 Å². The van der Waals surface area contributed by atoms with Crippen molar-refractivity contribution >= 4 is 11.0 Å². The molecule has 0 saturated carbocycles. The van der Waals surface area contributed by atoms with Gasteiger partial charge in [-0.3, -0.25) is 0 Å². The molecule has 2 aromatic rings. The van der Waals surface area contributed by atoms with E-state index < -0.39 is 0 Å². The zero-order chi connectivity index (χ0) is 13.5. The van der Waals surface area contributed by atoms with E-state index in [9.17, 15) is 0 Å². The largest absolute Gasteiger partial charge is 0.486 e. The Balaban J connectivity index is 1.98. The van der Waals surface area contributed by atoms with Crippen LogP contribution in [0.5, 0.6) is 5.75 Å². The summed E-state index contributed by atoms with van der Waals surface area (Å²) >= 11 is 0. The second-order valence-electron chi connectivity index (χ2n) is 4.18. The Morgan fingerprint density at radius 2 is 2.05 bits per heavy atom. The molecule has 100 valence electrons. The molecule has 4 heteroatoms. The predicted octanol–water partition coefficient (Wildman–Crippen LogP) is 3.50. The normalized spacial score (nSPS) is 10.5. The van der Waals surface area contributed by atoms with Crippen molar-refractivity contribution in [2.75, 3.05) is 19.8 Å². The highest BCUT2D eigenvalue weighted by molar-refractivity contribution is 5.86. The number of rotatable bonds is 7. The lowest BCUT2D eigenvalue weighted by Crippen LogP contribution is -2.07. The molecule has 0 aliphatic carbocycles. The standard InChI is InChI=1S/C15H17NO3/c1-2-3-8-17-9-10-18-15-12-6-4-5-7-13(12)19-14(15)11-16/h4-7H,2-3,8-10H2,1H3. The zero-order valence-corrected chi connectivity index (χ0v) is 11.0. The Bertz CT molecular complexity index is 568. The van der Waals surface area contributed by atoms with Gasteiger partial charge in [0.05, 0.1) is 12.0 Å². The minimum atomic E-state index is 0.217. The lowest BCUT2D eigenvalue weighted by Gasteiger charge is -2.05. The second-order valence-corrected chi connectivity index (χ2v) is 4.18. The molecular weight excluding hydrogens is 242 g/mol. The van der Waals surface area contributed by atoms with Crippen LogP contribution in [0.3, 0.4) is 0 Å². The van der Waals surface area contributed by atoms with Crippen molar-refractivity contribution < 1.29 is 13.9 Å². The van der Waals surface area contributed by atoms with Crippen molar-refractivity contribution in [3.8, 4) is 11.8 Å². The highest BCUT2D eigenvalue weighted by atomic mass is 16.5. The van der Waals surface area contributed by atoms with E-state index in [2.05, 4.69) is 6.92 Å². The Kier molecular flexibility index (Phi) is 4.82. The molecule has 1 aromatic heterocycles. The van der Waals surface area contributed by atoms with E-state index in [1.807, 2.05) is 30.3 Å². The fraction of sp³-hybridized carbons (Fsp3) is 0.400. The van der Waals surface area contributed by atoms with Gasteiger partial charge in [-0.2, -0.15) is 5.26 Å². The molecule has 0 spiro atoms. The summed E-state index contributed by atoms with van der Waals surface area (Å²) in [5.74, 6) is 0.729. The van der Waals surface area contributed by atoms with Crippen LogP contribution < -0.4 is 4.74 Å². The van der Waals surface area contributed by atoms with E-state index >= 15 is 0 Å². The Hall–Kier alpha value is -1.99. The quantitative estimate of drug-likeness (QED) is 0.714. The minimum Gasteiger partial charge on any atom is -0.486 e. The fourth-order valence-electron chi connectivity index (χ4n) is 1.79. The van der Waals surface area contributed by atoms with Crippen molar-refractivity contribution in [3.05, 3.63) is 30.0 Å². The number of hydrogen-bond acceptors (Lipinski definition) is 4. The molecule has 0 saturated heterocycles. The van der Waals surface area contributed by atoms with Crippen LogP contribution in [0, 0.1) is 11.3 Å². The van der Waals surface area contributed by atoms with E-state index in [1.165, 1.54) is 0 Å². The van der Waals surface area contributed by atoms with Gasteiger partial charge in [-0.25, -0.2) is 0 Å². The van der Waals surface area contributed by atoms with Gasteiger partial charge in [0, 0.05) is 6.61 Å². The summed E-state index contributed by atoms with van der Waals surface area (Å²) in [4.78, 5) is 0. The minimum absolute atomic E-state index is 0.217.